The second kappa shape index (κ2) is 5.09. The van der Waals surface area contributed by atoms with Crippen molar-refractivity contribution < 1.29 is 5.11 Å². The Morgan fingerprint density at radius 2 is 1.71 bits per heavy atom. The first-order valence-corrected chi connectivity index (χ1v) is 6.05. The van der Waals surface area contributed by atoms with E-state index in [-0.39, 0.29) is 0 Å². The Morgan fingerprint density at radius 3 is 2.35 bits per heavy atom. The van der Waals surface area contributed by atoms with Gasteiger partial charge in [0.15, 0.2) is 0 Å². The maximum Gasteiger partial charge on any atom is 0.125 e. The van der Waals surface area contributed by atoms with Crippen LogP contribution in [0, 0.1) is 24.2 Å². The Balaban J connectivity index is 2.23. The fourth-order valence-electron chi connectivity index (χ4n) is 2.16. The highest BCUT2D eigenvalue weighted by atomic mass is 16.3. The highest BCUT2D eigenvalue weighted by Gasteiger charge is 2.26. The van der Waals surface area contributed by atoms with Crippen molar-refractivity contribution in [3.63, 3.8) is 0 Å². The second-order valence-electron chi connectivity index (χ2n) is 4.53. The van der Waals surface area contributed by atoms with Crippen LogP contribution in [0.1, 0.15) is 43.2 Å². The molecule has 1 N–H and O–H groups in total. The summed E-state index contributed by atoms with van der Waals surface area (Å²) in [6.45, 7) is 0. The zero-order valence-corrected chi connectivity index (χ0v) is 9.87. The van der Waals surface area contributed by atoms with Crippen molar-refractivity contribution in [1.29, 1.82) is 0 Å². The van der Waals surface area contributed by atoms with Gasteiger partial charge >= 0.3 is 0 Å². The number of terminal acetylenes is 1. The average molecular weight is 224 g/mol. The van der Waals surface area contributed by atoms with Crippen molar-refractivity contribution in [2.24, 2.45) is 0 Å². The van der Waals surface area contributed by atoms with Gasteiger partial charge in [-0.15, -0.1) is 6.42 Å². The summed E-state index contributed by atoms with van der Waals surface area (Å²) in [6.07, 6.45) is 10.3. The van der Waals surface area contributed by atoms with Crippen LogP contribution in [0.15, 0.2) is 24.3 Å². The lowest BCUT2D eigenvalue weighted by Gasteiger charge is -2.26. The molecule has 1 aromatic rings. The average Bonchev–Trinajstić information content (AvgIpc) is 2.38. The molecule has 86 valence electrons. The van der Waals surface area contributed by atoms with Crippen LogP contribution in [-0.2, 0) is 0 Å². The SMILES string of the molecule is C#Cc1ccccc1C#CC1(O)CCCCC1. The van der Waals surface area contributed by atoms with Crippen molar-refractivity contribution in [3.05, 3.63) is 35.4 Å². The molecule has 17 heavy (non-hydrogen) atoms. The van der Waals surface area contributed by atoms with E-state index in [0.717, 1.165) is 36.8 Å². The minimum Gasteiger partial charge on any atom is -0.378 e. The van der Waals surface area contributed by atoms with Crippen molar-refractivity contribution >= 4 is 0 Å². The van der Waals surface area contributed by atoms with Crippen LogP contribution in [0.2, 0.25) is 0 Å². The molecule has 1 aromatic carbocycles. The molecule has 0 aromatic heterocycles. The van der Waals surface area contributed by atoms with E-state index in [0.29, 0.717) is 0 Å². The molecule has 1 fully saturated rings. The van der Waals surface area contributed by atoms with Crippen molar-refractivity contribution in [3.8, 4) is 24.2 Å². The fourth-order valence-corrected chi connectivity index (χ4v) is 2.16. The van der Waals surface area contributed by atoms with Gasteiger partial charge < -0.3 is 5.11 Å². The summed E-state index contributed by atoms with van der Waals surface area (Å²) in [5.41, 5.74) is 0.813. The molecular formula is C16H16O. The first-order chi connectivity index (χ1) is 8.23. The monoisotopic (exact) mass is 224 g/mol. The van der Waals surface area contributed by atoms with Crippen LogP contribution in [0.25, 0.3) is 0 Å². The lowest BCUT2D eigenvalue weighted by molar-refractivity contribution is 0.0610. The largest absolute Gasteiger partial charge is 0.378 e. The van der Waals surface area contributed by atoms with E-state index in [2.05, 4.69) is 17.8 Å². The normalized spacial score (nSPS) is 17.6. The number of rotatable bonds is 0. The van der Waals surface area contributed by atoms with Gasteiger partial charge in [0, 0.05) is 11.1 Å². The van der Waals surface area contributed by atoms with Gasteiger partial charge in [0.05, 0.1) is 0 Å². The molecule has 1 nitrogen and oxygen atoms in total. The highest BCUT2D eigenvalue weighted by molar-refractivity contribution is 5.49. The topological polar surface area (TPSA) is 20.2 Å². The first-order valence-electron chi connectivity index (χ1n) is 6.05. The molecule has 1 aliphatic rings. The third kappa shape index (κ3) is 2.90. The van der Waals surface area contributed by atoms with Crippen LogP contribution in [0.5, 0.6) is 0 Å². The van der Waals surface area contributed by atoms with E-state index in [9.17, 15) is 5.11 Å². The Kier molecular flexibility index (Phi) is 3.52. The van der Waals surface area contributed by atoms with E-state index in [1.54, 1.807) is 0 Å². The second-order valence-corrected chi connectivity index (χ2v) is 4.53. The molecule has 0 atom stereocenters. The third-order valence-electron chi connectivity index (χ3n) is 3.19. The van der Waals surface area contributed by atoms with E-state index in [4.69, 9.17) is 6.42 Å². The molecule has 0 spiro atoms. The maximum atomic E-state index is 10.3. The molecule has 0 bridgehead atoms. The van der Waals surface area contributed by atoms with Crippen LogP contribution in [0.4, 0.5) is 0 Å². The molecule has 2 rings (SSSR count). The summed E-state index contributed by atoms with van der Waals surface area (Å²) in [7, 11) is 0. The standard InChI is InChI=1S/C16H16O/c1-2-14-8-4-5-9-15(14)10-13-16(17)11-6-3-7-12-16/h1,4-5,8-9,17H,3,6-7,11-12H2. The molecule has 0 radical (unpaired) electrons. The summed E-state index contributed by atoms with van der Waals surface area (Å²) in [5.74, 6) is 8.64. The van der Waals surface area contributed by atoms with Gasteiger partial charge in [0.1, 0.15) is 5.60 Å². The van der Waals surface area contributed by atoms with Crippen LogP contribution in [0.3, 0.4) is 0 Å². The van der Waals surface area contributed by atoms with E-state index in [1.165, 1.54) is 6.42 Å². The molecule has 0 saturated heterocycles. The number of hydrogen-bond donors (Lipinski definition) is 1. The third-order valence-corrected chi connectivity index (χ3v) is 3.19. The smallest absolute Gasteiger partial charge is 0.125 e. The van der Waals surface area contributed by atoms with Crippen molar-refractivity contribution in [1.82, 2.24) is 0 Å². The zero-order chi connectivity index (χ0) is 12.1. The minimum atomic E-state index is -0.806. The van der Waals surface area contributed by atoms with Gasteiger partial charge in [-0.25, -0.2) is 0 Å². The summed E-state index contributed by atoms with van der Waals surface area (Å²) < 4.78 is 0. The van der Waals surface area contributed by atoms with Gasteiger partial charge in [0.2, 0.25) is 0 Å². The first kappa shape index (κ1) is 11.8. The zero-order valence-electron chi connectivity index (χ0n) is 9.87. The van der Waals surface area contributed by atoms with Gasteiger partial charge in [-0.2, -0.15) is 0 Å². The van der Waals surface area contributed by atoms with Gasteiger partial charge in [0.25, 0.3) is 0 Å². The molecule has 0 unspecified atom stereocenters. The Morgan fingerprint density at radius 1 is 1.06 bits per heavy atom. The maximum absolute atomic E-state index is 10.3. The Bertz CT molecular complexity index is 490. The van der Waals surface area contributed by atoms with Crippen LogP contribution >= 0.6 is 0 Å². The quantitative estimate of drug-likeness (QED) is 0.672. The van der Waals surface area contributed by atoms with Crippen LogP contribution < -0.4 is 0 Å². The van der Waals surface area contributed by atoms with E-state index >= 15 is 0 Å². The molecule has 0 amide bonds. The summed E-state index contributed by atoms with van der Waals surface area (Å²) in [6, 6.07) is 7.58. The minimum absolute atomic E-state index is 0.776. The summed E-state index contributed by atoms with van der Waals surface area (Å²) in [4.78, 5) is 0. The molecule has 0 heterocycles. The fraction of sp³-hybridized carbons (Fsp3) is 0.375. The number of hydrogen-bond acceptors (Lipinski definition) is 1. The van der Waals surface area contributed by atoms with Gasteiger partial charge in [-0.1, -0.05) is 36.3 Å². The molecule has 1 heteroatoms. The molecule has 1 aliphatic carbocycles. The lowest BCUT2D eigenvalue weighted by Crippen LogP contribution is -2.29. The van der Waals surface area contributed by atoms with E-state index < -0.39 is 5.60 Å². The predicted octanol–water partition coefficient (Wildman–Crippen LogP) is 2.71. The lowest BCUT2D eigenvalue weighted by atomic mass is 9.85. The van der Waals surface area contributed by atoms with E-state index in [1.807, 2.05) is 24.3 Å². The molecular weight excluding hydrogens is 208 g/mol. The predicted molar refractivity (Wildman–Crippen MR) is 69.3 cm³/mol. The van der Waals surface area contributed by atoms with Crippen LogP contribution in [-0.4, -0.2) is 10.7 Å². The van der Waals surface area contributed by atoms with Crippen molar-refractivity contribution in [2.45, 2.75) is 37.7 Å². The Labute approximate surface area is 103 Å². The molecule has 1 saturated carbocycles. The van der Waals surface area contributed by atoms with Crippen molar-refractivity contribution in [2.75, 3.05) is 0 Å². The highest BCUT2D eigenvalue weighted by Crippen LogP contribution is 2.27. The molecule has 0 aliphatic heterocycles. The van der Waals surface area contributed by atoms with Gasteiger partial charge in [-0.3, -0.25) is 0 Å². The Hall–Kier alpha value is -1.70. The number of benzene rings is 1. The number of aliphatic hydroxyl groups is 1. The van der Waals surface area contributed by atoms with Gasteiger partial charge in [-0.05, 0) is 37.8 Å². The summed E-state index contributed by atoms with van der Waals surface area (Å²) in [5, 5.41) is 10.3. The summed E-state index contributed by atoms with van der Waals surface area (Å²) >= 11 is 0.